The third-order valence-electron chi connectivity index (χ3n) is 2.74. The molecule has 1 aliphatic rings. The van der Waals surface area contributed by atoms with E-state index in [1.54, 1.807) is 0 Å². The molecule has 2 nitrogen and oxygen atoms in total. The number of halogens is 2. The average molecular weight is 213 g/mol. The lowest BCUT2D eigenvalue weighted by Gasteiger charge is -2.41. The van der Waals surface area contributed by atoms with E-state index in [-0.39, 0.29) is 12.5 Å². The first-order chi connectivity index (χ1) is 6.97. The topological polar surface area (TPSA) is 46.2 Å². The van der Waals surface area contributed by atoms with E-state index in [1.807, 2.05) is 0 Å². The van der Waals surface area contributed by atoms with Gasteiger partial charge in [-0.1, -0.05) is 0 Å². The Hall–Kier alpha value is -1.00. The number of benzene rings is 1. The molecule has 0 saturated heterocycles. The third-order valence-corrected chi connectivity index (χ3v) is 2.74. The van der Waals surface area contributed by atoms with Crippen LogP contribution in [0.1, 0.15) is 18.4 Å². The van der Waals surface area contributed by atoms with Crippen molar-refractivity contribution < 1.29 is 13.9 Å². The molecule has 0 aliphatic heterocycles. The van der Waals surface area contributed by atoms with E-state index >= 15 is 0 Å². The maximum atomic E-state index is 12.9. The van der Waals surface area contributed by atoms with E-state index in [9.17, 15) is 13.9 Å². The van der Waals surface area contributed by atoms with Crippen LogP contribution in [-0.2, 0) is 6.42 Å². The van der Waals surface area contributed by atoms with Gasteiger partial charge < -0.3 is 10.8 Å². The highest BCUT2D eigenvalue weighted by Gasteiger charge is 2.40. The van der Waals surface area contributed by atoms with Crippen LogP contribution in [-0.4, -0.2) is 16.7 Å². The zero-order chi connectivity index (χ0) is 11.1. The fourth-order valence-electron chi connectivity index (χ4n) is 2.15. The molecule has 4 heteroatoms. The first-order valence-electron chi connectivity index (χ1n) is 4.90. The van der Waals surface area contributed by atoms with Crippen molar-refractivity contribution in [1.29, 1.82) is 0 Å². The lowest BCUT2D eigenvalue weighted by atomic mass is 9.73. The minimum atomic E-state index is -0.875. The largest absolute Gasteiger partial charge is 0.389 e. The summed E-state index contributed by atoms with van der Waals surface area (Å²) in [5, 5.41) is 9.89. The average Bonchev–Trinajstić information content (AvgIpc) is 1.97. The summed E-state index contributed by atoms with van der Waals surface area (Å²) in [6.07, 6.45) is 1.24. The fraction of sp³-hybridized carbons (Fsp3) is 0.455. The number of hydrogen-bond donors (Lipinski definition) is 2. The molecule has 0 spiro atoms. The van der Waals surface area contributed by atoms with E-state index in [1.165, 1.54) is 12.1 Å². The van der Waals surface area contributed by atoms with Crippen molar-refractivity contribution in [2.24, 2.45) is 5.73 Å². The van der Waals surface area contributed by atoms with Gasteiger partial charge in [0.1, 0.15) is 11.6 Å². The van der Waals surface area contributed by atoms with Crippen molar-refractivity contribution in [2.45, 2.75) is 30.9 Å². The SMILES string of the molecule is NC1CC(O)(Cc2cc(F)cc(F)c2)C1. The molecule has 0 heterocycles. The van der Waals surface area contributed by atoms with Crippen molar-refractivity contribution in [1.82, 2.24) is 0 Å². The highest BCUT2D eigenvalue weighted by Crippen LogP contribution is 2.34. The Morgan fingerprint density at radius 1 is 1.27 bits per heavy atom. The van der Waals surface area contributed by atoms with E-state index in [2.05, 4.69) is 0 Å². The first-order valence-corrected chi connectivity index (χ1v) is 4.90. The van der Waals surface area contributed by atoms with Gasteiger partial charge >= 0.3 is 0 Å². The van der Waals surface area contributed by atoms with Crippen LogP contribution in [0.4, 0.5) is 8.78 Å². The molecule has 0 atom stereocenters. The van der Waals surface area contributed by atoms with Crippen molar-refractivity contribution >= 4 is 0 Å². The molecule has 15 heavy (non-hydrogen) atoms. The Bertz CT molecular complexity index is 355. The van der Waals surface area contributed by atoms with Gasteiger partial charge in [0.15, 0.2) is 0 Å². The maximum absolute atomic E-state index is 12.9. The van der Waals surface area contributed by atoms with Gasteiger partial charge in [0.05, 0.1) is 5.60 Å². The normalized spacial score (nSPS) is 30.0. The maximum Gasteiger partial charge on any atom is 0.126 e. The summed E-state index contributed by atoms with van der Waals surface area (Å²) < 4.78 is 25.7. The molecule has 1 saturated carbocycles. The lowest BCUT2D eigenvalue weighted by molar-refractivity contribution is -0.0455. The summed E-state index contributed by atoms with van der Waals surface area (Å²) in [7, 11) is 0. The van der Waals surface area contributed by atoms with Crippen LogP contribution < -0.4 is 5.73 Å². The van der Waals surface area contributed by atoms with Crippen molar-refractivity contribution in [3.05, 3.63) is 35.4 Å². The molecule has 2 rings (SSSR count). The Morgan fingerprint density at radius 3 is 2.27 bits per heavy atom. The van der Waals surface area contributed by atoms with E-state index in [4.69, 9.17) is 5.73 Å². The molecule has 0 amide bonds. The zero-order valence-corrected chi connectivity index (χ0v) is 8.21. The van der Waals surface area contributed by atoms with Crippen LogP contribution in [0.3, 0.4) is 0 Å². The smallest absolute Gasteiger partial charge is 0.126 e. The standard InChI is InChI=1S/C11H13F2NO/c12-8-1-7(2-9(13)3-8)4-11(15)5-10(14)6-11/h1-3,10,15H,4-6,14H2. The third kappa shape index (κ3) is 2.33. The molecule has 0 aromatic heterocycles. The van der Waals surface area contributed by atoms with Crippen LogP contribution >= 0.6 is 0 Å². The summed E-state index contributed by atoms with van der Waals surface area (Å²) in [6, 6.07) is 3.31. The van der Waals surface area contributed by atoms with Crippen LogP contribution in [0.25, 0.3) is 0 Å². The molecule has 82 valence electrons. The first kappa shape index (κ1) is 10.5. The molecule has 1 fully saturated rings. The van der Waals surface area contributed by atoms with Crippen molar-refractivity contribution in [2.75, 3.05) is 0 Å². The molecular weight excluding hydrogens is 200 g/mol. The molecule has 1 aliphatic carbocycles. The van der Waals surface area contributed by atoms with Gasteiger partial charge in [0, 0.05) is 18.5 Å². The molecule has 0 radical (unpaired) electrons. The van der Waals surface area contributed by atoms with Crippen LogP contribution in [0, 0.1) is 11.6 Å². The van der Waals surface area contributed by atoms with Gasteiger partial charge in [0.2, 0.25) is 0 Å². The lowest BCUT2D eigenvalue weighted by Crippen LogP contribution is -2.52. The van der Waals surface area contributed by atoms with Gasteiger partial charge in [-0.3, -0.25) is 0 Å². The second-order valence-electron chi connectivity index (χ2n) is 4.35. The Kier molecular flexibility index (Phi) is 2.48. The highest BCUT2D eigenvalue weighted by molar-refractivity contribution is 5.21. The van der Waals surface area contributed by atoms with Gasteiger partial charge in [-0.05, 0) is 30.5 Å². The predicted octanol–water partition coefficient (Wildman–Crippen LogP) is 1.36. The molecule has 1 aromatic rings. The number of aliphatic hydroxyl groups is 1. The van der Waals surface area contributed by atoms with Crippen LogP contribution in [0.2, 0.25) is 0 Å². The Labute approximate surface area is 86.7 Å². The van der Waals surface area contributed by atoms with E-state index in [0.29, 0.717) is 18.4 Å². The summed E-state index contributed by atoms with van der Waals surface area (Å²) in [5.41, 5.74) is 5.16. The predicted molar refractivity (Wildman–Crippen MR) is 52.2 cm³/mol. The Morgan fingerprint density at radius 2 is 1.80 bits per heavy atom. The quantitative estimate of drug-likeness (QED) is 0.779. The number of rotatable bonds is 2. The molecule has 0 bridgehead atoms. The minimum absolute atomic E-state index is 0.00778. The van der Waals surface area contributed by atoms with Crippen LogP contribution in [0.15, 0.2) is 18.2 Å². The minimum Gasteiger partial charge on any atom is -0.389 e. The van der Waals surface area contributed by atoms with E-state index < -0.39 is 17.2 Å². The van der Waals surface area contributed by atoms with Crippen LogP contribution in [0.5, 0.6) is 0 Å². The second kappa shape index (κ2) is 3.54. The van der Waals surface area contributed by atoms with E-state index in [0.717, 1.165) is 6.07 Å². The molecule has 1 aromatic carbocycles. The monoisotopic (exact) mass is 213 g/mol. The summed E-state index contributed by atoms with van der Waals surface area (Å²) in [5.74, 6) is -1.23. The molecule has 0 unspecified atom stereocenters. The number of hydrogen-bond acceptors (Lipinski definition) is 2. The van der Waals surface area contributed by atoms with Gasteiger partial charge in [-0.25, -0.2) is 8.78 Å². The highest BCUT2D eigenvalue weighted by atomic mass is 19.1. The molecular formula is C11H13F2NO. The van der Waals surface area contributed by atoms with Crippen molar-refractivity contribution in [3.63, 3.8) is 0 Å². The summed E-state index contributed by atoms with van der Waals surface area (Å²) in [4.78, 5) is 0. The fourth-order valence-corrected chi connectivity index (χ4v) is 2.15. The number of nitrogens with two attached hydrogens (primary N) is 1. The summed E-state index contributed by atoms with van der Waals surface area (Å²) in [6.45, 7) is 0. The van der Waals surface area contributed by atoms with Crippen molar-refractivity contribution in [3.8, 4) is 0 Å². The van der Waals surface area contributed by atoms with Gasteiger partial charge in [0.25, 0.3) is 0 Å². The molecule has 3 N–H and O–H groups in total. The second-order valence-corrected chi connectivity index (χ2v) is 4.35. The summed E-state index contributed by atoms with van der Waals surface area (Å²) >= 11 is 0. The van der Waals surface area contributed by atoms with Gasteiger partial charge in [-0.2, -0.15) is 0 Å². The van der Waals surface area contributed by atoms with Gasteiger partial charge in [-0.15, -0.1) is 0 Å². The zero-order valence-electron chi connectivity index (χ0n) is 8.21. The Balaban J connectivity index is 2.11.